The van der Waals surface area contributed by atoms with Crippen LogP contribution < -0.4 is 5.32 Å². The summed E-state index contributed by atoms with van der Waals surface area (Å²) in [6.45, 7) is 6.40. The minimum atomic E-state index is -0.352. The average Bonchev–Trinajstić information content (AvgIpc) is 2.72. The molecule has 0 amide bonds. The van der Waals surface area contributed by atoms with Gasteiger partial charge in [-0.15, -0.1) is 0 Å². The molecule has 21 heavy (non-hydrogen) atoms. The largest absolute Gasteiger partial charge is 0.461 e. The monoisotopic (exact) mass is 290 g/mol. The van der Waals surface area contributed by atoms with E-state index < -0.39 is 0 Å². The van der Waals surface area contributed by atoms with Gasteiger partial charge in [-0.25, -0.2) is 9.18 Å². The van der Waals surface area contributed by atoms with E-state index in [9.17, 15) is 9.18 Å². The maximum atomic E-state index is 13.1. The second-order valence-corrected chi connectivity index (χ2v) is 4.81. The molecule has 0 aliphatic rings. The number of esters is 1. The number of nitrogens with one attached hydrogen (secondary N) is 2. The van der Waals surface area contributed by atoms with Gasteiger partial charge in [0, 0.05) is 17.9 Å². The number of ether oxygens (including phenoxy) is 1. The van der Waals surface area contributed by atoms with Crippen LogP contribution in [-0.2, 0) is 11.3 Å². The fourth-order valence-electron chi connectivity index (χ4n) is 2.25. The van der Waals surface area contributed by atoms with Crippen LogP contribution >= 0.6 is 0 Å². The number of hydrogen-bond donors (Lipinski definition) is 2. The van der Waals surface area contributed by atoms with E-state index >= 15 is 0 Å². The van der Waals surface area contributed by atoms with Gasteiger partial charge in [0.2, 0.25) is 0 Å². The smallest absolute Gasteiger partial charge is 0.355 e. The van der Waals surface area contributed by atoms with E-state index in [0.717, 1.165) is 16.8 Å². The fraction of sp³-hybridized carbons (Fsp3) is 0.312. The first-order valence-electron chi connectivity index (χ1n) is 6.87. The maximum absolute atomic E-state index is 13.1. The first-order chi connectivity index (χ1) is 10.0. The Balaban J connectivity index is 2.15. The molecule has 0 radical (unpaired) electrons. The van der Waals surface area contributed by atoms with Crippen molar-refractivity contribution in [3.8, 4) is 0 Å². The number of H-pyrrole nitrogens is 1. The van der Waals surface area contributed by atoms with Crippen LogP contribution in [0.15, 0.2) is 24.3 Å². The summed E-state index contributed by atoms with van der Waals surface area (Å²) in [7, 11) is 0. The Morgan fingerprint density at radius 3 is 2.81 bits per heavy atom. The van der Waals surface area contributed by atoms with E-state index in [-0.39, 0.29) is 11.8 Å². The molecule has 112 valence electrons. The highest BCUT2D eigenvalue weighted by molar-refractivity contribution is 5.89. The Bertz CT molecular complexity index is 650. The molecular formula is C16H19FN2O2. The van der Waals surface area contributed by atoms with Crippen LogP contribution in [0.2, 0.25) is 0 Å². The van der Waals surface area contributed by atoms with Gasteiger partial charge in [0.15, 0.2) is 0 Å². The van der Waals surface area contributed by atoms with Crippen LogP contribution in [0.5, 0.6) is 0 Å². The molecule has 1 heterocycles. The molecule has 4 nitrogen and oxygen atoms in total. The van der Waals surface area contributed by atoms with Gasteiger partial charge in [-0.2, -0.15) is 0 Å². The van der Waals surface area contributed by atoms with Crippen LogP contribution in [0.25, 0.3) is 0 Å². The quantitative estimate of drug-likeness (QED) is 0.828. The lowest BCUT2D eigenvalue weighted by molar-refractivity contribution is 0.0519. The SMILES string of the molecule is CCOC(=O)c1[nH]c(C)c(CNc2cccc(F)c2)c1C. The van der Waals surface area contributed by atoms with E-state index in [1.165, 1.54) is 12.1 Å². The van der Waals surface area contributed by atoms with Crippen LogP contribution in [0.4, 0.5) is 10.1 Å². The first kappa shape index (κ1) is 15.1. The molecule has 0 bridgehead atoms. The van der Waals surface area contributed by atoms with Gasteiger partial charge in [-0.1, -0.05) is 6.07 Å². The lowest BCUT2D eigenvalue weighted by Crippen LogP contribution is -2.07. The molecular weight excluding hydrogens is 271 g/mol. The number of rotatable bonds is 5. The summed E-state index contributed by atoms with van der Waals surface area (Å²) in [5.74, 6) is -0.634. The fourth-order valence-corrected chi connectivity index (χ4v) is 2.25. The summed E-state index contributed by atoms with van der Waals surface area (Å²) in [5.41, 5.74) is 3.93. The second kappa shape index (κ2) is 6.43. The predicted molar refractivity (Wildman–Crippen MR) is 79.9 cm³/mol. The highest BCUT2D eigenvalue weighted by atomic mass is 19.1. The molecule has 0 saturated heterocycles. The van der Waals surface area contributed by atoms with Crippen LogP contribution in [0, 0.1) is 19.7 Å². The molecule has 5 heteroatoms. The van der Waals surface area contributed by atoms with Gasteiger partial charge in [0.25, 0.3) is 0 Å². The Hall–Kier alpha value is -2.30. The van der Waals surface area contributed by atoms with Crippen LogP contribution in [-0.4, -0.2) is 17.6 Å². The van der Waals surface area contributed by atoms with Crippen molar-refractivity contribution in [2.75, 3.05) is 11.9 Å². The van der Waals surface area contributed by atoms with Crippen LogP contribution in [0.1, 0.15) is 34.2 Å². The maximum Gasteiger partial charge on any atom is 0.355 e. The van der Waals surface area contributed by atoms with Gasteiger partial charge in [0.05, 0.1) is 6.61 Å². The molecule has 0 aliphatic heterocycles. The number of carbonyl (C=O) groups is 1. The summed E-state index contributed by atoms with van der Waals surface area (Å²) in [5, 5.41) is 3.16. The molecule has 2 N–H and O–H groups in total. The van der Waals surface area contributed by atoms with Gasteiger partial charge in [-0.05, 0) is 50.1 Å². The lowest BCUT2D eigenvalue weighted by atomic mass is 10.1. The normalized spacial score (nSPS) is 10.5. The number of anilines is 1. The number of benzene rings is 1. The van der Waals surface area contributed by atoms with E-state index in [1.54, 1.807) is 19.1 Å². The van der Waals surface area contributed by atoms with Crippen molar-refractivity contribution in [2.45, 2.75) is 27.3 Å². The van der Waals surface area contributed by atoms with Gasteiger partial charge in [0.1, 0.15) is 11.5 Å². The highest BCUT2D eigenvalue weighted by Gasteiger charge is 2.17. The van der Waals surface area contributed by atoms with Gasteiger partial charge >= 0.3 is 5.97 Å². The van der Waals surface area contributed by atoms with Gasteiger partial charge < -0.3 is 15.0 Å². The summed E-state index contributed by atoms with van der Waals surface area (Å²) in [4.78, 5) is 14.9. The van der Waals surface area contributed by atoms with E-state index in [1.807, 2.05) is 13.8 Å². The first-order valence-corrected chi connectivity index (χ1v) is 6.87. The number of aryl methyl sites for hydroxylation is 1. The van der Waals surface area contributed by atoms with E-state index in [0.29, 0.717) is 24.5 Å². The lowest BCUT2D eigenvalue weighted by Gasteiger charge is -2.07. The highest BCUT2D eigenvalue weighted by Crippen LogP contribution is 2.20. The zero-order chi connectivity index (χ0) is 15.4. The standard InChI is InChI=1S/C16H19FN2O2/c1-4-21-16(20)15-10(2)14(11(3)19-15)9-18-13-7-5-6-12(17)8-13/h5-8,18-19H,4,9H2,1-3H3. The number of carbonyl (C=O) groups excluding carboxylic acids is 1. The molecule has 0 spiro atoms. The van der Waals surface area contributed by atoms with Crippen molar-refractivity contribution in [1.82, 2.24) is 4.98 Å². The minimum absolute atomic E-state index is 0.283. The molecule has 0 unspecified atom stereocenters. The number of hydrogen-bond acceptors (Lipinski definition) is 3. The van der Waals surface area contributed by atoms with Crippen molar-refractivity contribution in [1.29, 1.82) is 0 Å². The molecule has 0 aliphatic carbocycles. The van der Waals surface area contributed by atoms with Crippen molar-refractivity contribution in [3.63, 3.8) is 0 Å². The van der Waals surface area contributed by atoms with Crippen molar-refractivity contribution >= 4 is 11.7 Å². The zero-order valence-corrected chi connectivity index (χ0v) is 12.4. The zero-order valence-electron chi connectivity index (χ0n) is 12.4. The Kier molecular flexibility index (Phi) is 4.62. The third-order valence-electron chi connectivity index (χ3n) is 3.37. The summed E-state index contributed by atoms with van der Waals surface area (Å²) >= 11 is 0. The number of aromatic nitrogens is 1. The molecule has 1 aromatic carbocycles. The summed E-state index contributed by atoms with van der Waals surface area (Å²) < 4.78 is 18.2. The minimum Gasteiger partial charge on any atom is -0.461 e. The Labute approximate surface area is 123 Å². The van der Waals surface area contributed by atoms with Gasteiger partial charge in [-0.3, -0.25) is 0 Å². The second-order valence-electron chi connectivity index (χ2n) is 4.81. The molecule has 1 aromatic heterocycles. The Morgan fingerprint density at radius 2 is 2.14 bits per heavy atom. The van der Waals surface area contributed by atoms with Crippen LogP contribution in [0.3, 0.4) is 0 Å². The molecule has 2 aromatic rings. The molecule has 0 fully saturated rings. The third-order valence-corrected chi connectivity index (χ3v) is 3.37. The third kappa shape index (κ3) is 3.42. The topological polar surface area (TPSA) is 54.1 Å². The number of halogens is 1. The summed E-state index contributed by atoms with van der Waals surface area (Å²) in [6.07, 6.45) is 0. The summed E-state index contributed by atoms with van der Waals surface area (Å²) in [6, 6.07) is 6.28. The average molecular weight is 290 g/mol. The van der Waals surface area contributed by atoms with Crippen molar-refractivity contribution < 1.29 is 13.9 Å². The molecule has 0 atom stereocenters. The molecule has 2 rings (SSSR count). The van der Waals surface area contributed by atoms with Crippen molar-refractivity contribution in [2.24, 2.45) is 0 Å². The number of aromatic amines is 1. The van der Waals surface area contributed by atoms with Crippen molar-refractivity contribution in [3.05, 3.63) is 52.6 Å². The predicted octanol–water partition coefficient (Wildman–Crippen LogP) is 3.56. The van der Waals surface area contributed by atoms with E-state index in [2.05, 4.69) is 10.3 Å². The molecule has 0 saturated carbocycles. The Morgan fingerprint density at radius 1 is 1.38 bits per heavy atom. The van der Waals surface area contributed by atoms with E-state index in [4.69, 9.17) is 4.74 Å².